The summed E-state index contributed by atoms with van der Waals surface area (Å²) in [7, 11) is 0. The predicted octanol–water partition coefficient (Wildman–Crippen LogP) is 2.96. The quantitative estimate of drug-likeness (QED) is 0.909. The van der Waals surface area contributed by atoms with E-state index in [9.17, 15) is 9.90 Å². The molecular weight excluding hydrogens is 300 g/mol. The van der Waals surface area contributed by atoms with Crippen molar-refractivity contribution in [3.63, 3.8) is 0 Å². The molecule has 126 valence electrons. The molecule has 0 saturated heterocycles. The van der Waals surface area contributed by atoms with Gasteiger partial charge in [0, 0.05) is 25.2 Å². The highest BCUT2D eigenvalue weighted by Gasteiger charge is 2.30. The first-order valence-corrected chi connectivity index (χ1v) is 8.35. The van der Waals surface area contributed by atoms with Gasteiger partial charge in [0.05, 0.1) is 5.56 Å². The number of hydrogen-bond acceptors (Lipinski definition) is 3. The van der Waals surface area contributed by atoms with Crippen molar-refractivity contribution >= 4 is 5.91 Å². The highest BCUT2D eigenvalue weighted by atomic mass is 16.3. The lowest BCUT2D eigenvalue weighted by Crippen LogP contribution is -2.53. The fourth-order valence-corrected chi connectivity index (χ4v) is 3.18. The molecule has 0 saturated carbocycles. The second-order valence-electron chi connectivity index (χ2n) is 6.95. The first kappa shape index (κ1) is 16.5. The fraction of sp³-hybridized carbons (Fsp3) is 0.350. The van der Waals surface area contributed by atoms with Crippen LogP contribution in [-0.4, -0.2) is 34.5 Å². The smallest absolute Gasteiger partial charge is 0.255 e. The maximum Gasteiger partial charge on any atom is 0.255 e. The molecule has 1 heterocycles. The fourth-order valence-electron chi connectivity index (χ4n) is 3.18. The Balaban J connectivity index is 1.64. The van der Waals surface area contributed by atoms with E-state index in [-0.39, 0.29) is 17.2 Å². The van der Waals surface area contributed by atoms with Gasteiger partial charge in [0.25, 0.3) is 5.91 Å². The van der Waals surface area contributed by atoms with Crippen LogP contribution >= 0.6 is 0 Å². The number of carbonyl (C=O) groups is 1. The minimum atomic E-state index is -0.237. The highest BCUT2D eigenvalue weighted by molar-refractivity contribution is 5.96. The van der Waals surface area contributed by atoms with Gasteiger partial charge in [-0.05, 0) is 43.5 Å². The summed E-state index contributed by atoms with van der Waals surface area (Å²) in [6.45, 7) is 6.70. The predicted molar refractivity (Wildman–Crippen MR) is 95.1 cm³/mol. The van der Waals surface area contributed by atoms with Crippen molar-refractivity contribution < 1.29 is 9.90 Å². The number of aromatic hydroxyl groups is 1. The van der Waals surface area contributed by atoms with E-state index in [1.54, 1.807) is 18.2 Å². The molecule has 0 bridgehead atoms. The number of phenolic OH excluding ortho intramolecular Hbond substituents is 1. The molecule has 0 unspecified atom stereocenters. The van der Waals surface area contributed by atoms with Gasteiger partial charge in [-0.2, -0.15) is 0 Å². The van der Waals surface area contributed by atoms with Crippen molar-refractivity contribution in [2.24, 2.45) is 0 Å². The van der Waals surface area contributed by atoms with Crippen LogP contribution in [0.3, 0.4) is 0 Å². The molecule has 3 rings (SSSR count). The van der Waals surface area contributed by atoms with Crippen molar-refractivity contribution in [3.8, 4) is 5.75 Å². The zero-order valence-corrected chi connectivity index (χ0v) is 14.2. The Hall–Kier alpha value is -2.33. The Kier molecular flexibility index (Phi) is 4.58. The molecule has 0 radical (unpaired) electrons. The SMILES string of the molecule is CC(C)(CNC(=O)c1ccccc1O)N1CCc2ccccc2C1. The van der Waals surface area contributed by atoms with E-state index in [0.717, 1.165) is 19.5 Å². The number of nitrogens with one attached hydrogen (secondary N) is 1. The third-order valence-electron chi connectivity index (χ3n) is 4.82. The number of hydrogen-bond donors (Lipinski definition) is 2. The van der Waals surface area contributed by atoms with Crippen molar-refractivity contribution in [2.75, 3.05) is 13.1 Å². The number of fused-ring (bicyclic) bond motifs is 1. The molecule has 0 aromatic heterocycles. The number of para-hydroxylation sites is 1. The lowest BCUT2D eigenvalue weighted by molar-refractivity contribution is 0.0824. The Morgan fingerprint density at radius 1 is 1.12 bits per heavy atom. The second kappa shape index (κ2) is 6.65. The van der Waals surface area contributed by atoms with E-state index < -0.39 is 0 Å². The molecule has 2 aromatic carbocycles. The van der Waals surface area contributed by atoms with Gasteiger partial charge in [-0.25, -0.2) is 0 Å². The Morgan fingerprint density at radius 2 is 1.79 bits per heavy atom. The lowest BCUT2D eigenvalue weighted by Gasteiger charge is -2.41. The number of carbonyl (C=O) groups excluding carboxylic acids is 1. The van der Waals surface area contributed by atoms with Crippen molar-refractivity contribution in [1.29, 1.82) is 0 Å². The molecular formula is C20H24N2O2. The minimum Gasteiger partial charge on any atom is -0.507 e. The molecule has 2 aromatic rings. The van der Waals surface area contributed by atoms with Gasteiger partial charge >= 0.3 is 0 Å². The van der Waals surface area contributed by atoms with Crippen LogP contribution < -0.4 is 5.32 Å². The van der Waals surface area contributed by atoms with Gasteiger partial charge in [0.1, 0.15) is 5.75 Å². The topological polar surface area (TPSA) is 52.6 Å². The monoisotopic (exact) mass is 324 g/mol. The summed E-state index contributed by atoms with van der Waals surface area (Å²) < 4.78 is 0. The summed E-state index contributed by atoms with van der Waals surface area (Å²) in [5.74, 6) is -0.224. The summed E-state index contributed by atoms with van der Waals surface area (Å²) >= 11 is 0. The van der Waals surface area contributed by atoms with Crippen LogP contribution in [0.1, 0.15) is 35.3 Å². The van der Waals surface area contributed by atoms with Crippen molar-refractivity contribution in [1.82, 2.24) is 10.2 Å². The maximum absolute atomic E-state index is 12.3. The summed E-state index contributed by atoms with van der Waals surface area (Å²) in [5.41, 5.74) is 2.94. The van der Waals surface area contributed by atoms with E-state index in [4.69, 9.17) is 0 Å². The van der Waals surface area contributed by atoms with E-state index in [1.807, 2.05) is 0 Å². The largest absolute Gasteiger partial charge is 0.507 e. The molecule has 4 nitrogen and oxygen atoms in total. The van der Waals surface area contributed by atoms with Crippen LogP contribution in [0.4, 0.5) is 0 Å². The lowest BCUT2D eigenvalue weighted by atomic mass is 9.94. The van der Waals surface area contributed by atoms with E-state index in [1.165, 1.54) is 17.2 Å². The molecule has 1 amide bonds. The Labute approximate surface area is 143 Å². The number of benzene rings is 2. The van der Waals surface area contributed by atoms with E-state index in [2.05, 4.69) is 48.3 Å². The Bertz CT molecular complexity index is 740. The average Bonchev–Trinajstić information content (AvgIpc) is 2.60. The van der Waals surface area contributed by atoms with Gasteiger partial charge in [0.2, 0.25) is 0 Å². The first-order chi connectivity index (χ1) is 11.5. The first-order valence-electron chi connectivity index (χ1n) is 8.35. The highest BCUT2D eigenvalue weighted by Crippen LogP contribution is 2.25. The molecule has 2 N–H and O–H groups in total. The molecule has 1 aliphatic rings. The van der Waals surface area contributed by atoms with Crippen LogP contribution in [0.15, 0.2) is 48.5 Å². The van der Waals surface area contributed by atoms with Gasteiger partial charge in [0.15, 0.2) is 0 Å². The summed E-state index contributed by atoms with van der Waals surface area (Å²) in [6, 6.07) is 15.2. The second-order valence-corrected chi connectivity index (χ2v) is 6.95. The molecule has 24 heavy (non-hydrogen) atoms. The van der Waals surface area contributed by atoms with Crippen LogP contribution in [0, 0.1) is 0 Å². The van der Waals surface area contributed by atoms with Gasteiger partial charge in [-0.3, -0.25) is 9.69 Å². The molecule has 0 aliphatic carbocycles. The summed E-state index contributed by atoms with van der Waals surface area (Å²) in [6.07, 6.45) is 1.03. The molecule has 4 heteroatoms. The molecule has 0 fully saturated rings. The molecule has 0 atom stereocenters. The zero-order chi connectivity index (χ0) is 17.2. The number of rotatable bonds is 4. The maximum atomic E-state index is 12.3. The Morgan fingerprint density at radius 3 is 2.54 bits per heavy atom. The minimum absolute atomic E-state index is 0.0136. The molecule has 0 spiro atoms. The third-order valence-corrected chi connectivity index (χ3v) is 4.82. The van der Waals surface area contributed by atoms with Crippen molar-refractivity contribution in [2.45, 2.75) is 32.4 Å². The van der Waals surface area contributed by atoms with Gasteiger partial charge < -0.3 is 10.4 Å². The third kappa shape index (κ3) is 3.44. The van der Waals surface area contributed by atoms with Crippen molar-refractivity contribution in [3.05, 3.63) is 65.2 Å². The number of amides is 1. The molecule has 1 aliphatic heterocycles. The standard InChI is InChI=1S/C20H24N2O2/c1-20(2,14-21-19(24)17-9-5-6-10-18(17)23)22-12-11-15-7-3-4-8-16(15)13-22/h3-10,23H,11-14H2,1-2H3,(H,21,24). The van der Waals surface area contributed by atoms with Crippen LogP contribution in [0.25, 0.3) is 0 Å². The average molecular weight is 324 g/mol. The normalized spacial score (nSPS) is 14.9. The van der Waals surface area contributed by atoms with Gasteiger partial charge in [-0.15, -0.1) is 0 Å². The van der Waals surface area contributed by atoms with Crippen LogP contribution in [-0.2, 0) is 13.0 Å². The number of phenols is 1. The van der Waals surface area contributed by atoms with Crippen LogP contribution in [0.2, 0.25) is 0 Å². The summed E-state index contributed by atoms with van der Waals surface area (Å²) in [4.78, 5) is 14.7. The zero-order valence-electron chi connectivity index (χ0n) is 14.2. The summed E-state index contributed by atoms with van der Waals surface area (Å²) in [5, 5.41) is 12.8. The van der Waals surface area contributed by atoms with Crippen LogP contribution in [0.5, 0.6) is 5.75 Å². The van der Waals surface area contributed by atoms with Gasteiger partial charge in [-0.1, -0.05) is 36.4 Å². The van der Waals surface area contributed by atoms with E-state index in [0.29, 0.717) is 12.1 Å². The van der Waals surface area contributed by atoms with E-state index >= 15 is 0 Å². The number of nitrogens with zero attached hydrogens (tertiary/aromatic N) is 1.